The van der Waals surface area contributed by atoms with Crippen molar-refractivity contribution < 1.29 is 14.4 Å². The lowest BCUT2D eigenvalue weighted by atomic mass is 10.2. The van der Waals surface area contributed by atoms with Crippen molar-refractivity contribution in [2.75, 3.05) is 0 Å². The number of rotatable bonds is 4. The third kappa shape index (κ3) is 2.79. The van der Waals surface area contributed by atoms with Crippen LogP contribution in [0.25, 0.3) is 0 Å². The maximum absolute atomic E-state index is 13.5. The maximum atomic E-state index is 13.5. The molecule has 2 rings (SSSR count). The second-order valence-electron chi connectivity index (χ2n) is 4.28. The average Bonchev–Trinajstić information content (AvgIpc) is 2.76. The first-order valence-corrected chi connectivity index (χ1v) is 5.75. The summed E-state index contributed by atoms with van der Waals surface area (Å²) in [5.74, 6) is -0.853. The van der Waals surface area contributed by atoms with Crippen LogP contribution in [-0.2, 0) is 6.54 Å². The molecule has 1 aromatic heterocycles. The zero-order valence-corrected chi connectivity index (χ0v) is 10.3. The van der Waals surface area contributed by atoms with E-state index in [0.717, 1.165) is 12.1 Å². The van der Waals surface area contributed by atoms with Gasteiger partial charge in [0.2, 0.25) is 5.82 Å². The van der Waals surface area contributed by atoms with E-state index in [0.29, 0.717) is 17.8 Å². The molecule has 0 saturated heterocycles. The van der Waals surface area contributed by atoms with Crippen molar-refractivity contribution in [2.45, 2.75) is 19.6 Å². The van der Waals surface area contributed by atoms with E-state index in [1.807, 2.05) is 0 Å². The summed E-state index contributed by atoms with van der Waals surface area (Å²) in [4.78, 5) is 9.77. The van der Waals surface area contributed by atoms with Gasteiger partial charge in [-0.05, 0) is 30.7 Å². The van der Waals surface area contributed by atoms with Gasteiger partial charge in [0, 0.05) is 24.5 Å². The quantitative estimate of drug-likeness (QED) is 0.681. The summed E-state index contributed by atoms with van der Waals surface area (Å²) in [5, 5.41) is 20.1. The van der Waals surface area contributed by atoms with Crippen LogP contribution in [0.4, 0.5) is 10.1 Å². The third-order valence-corrected chi connectivity index (χ3v) is 2.85. The molecule has 2 aromatic rings. The highest BCUT2D eigenvalue weighted by Crippen LogP contribution is 2.20. The van der Waals surface area contributed by atoms with E-state index in [1.165, 1.54) is 6.07 Å². The van der Waals surface area contributed by atoms with Gasteiger partial charge in [-0.3, -0.25) is 10.1 Å². The Kier molecular flexibility index (Phi) is 3.62. The molecule has 0 radical (unpaired) electrons. The fourth-order valence-electron chi connectivity index (χ4n) is 1.94. The lowest BCUT2D eigenvalue weighted by Gasteiger charge is -2.11. The minimum Gasteiger partial charge on any atom is -0.387 e. The monoisotopic (exact) mass is 264 g/mol. The first-order chi connectivity index (χ1) is 8.99. The third-order valence-electron chi connectivity index (χ3n) is 2.85. The van der Waals surface area contributed by atoms with Crippen LogP contribution in [0.3, 0.4) is 0 Å². The highest BCUT2D eigenvalue weighted by Gasteiger charge is 2.14. The molecule has 0 aliphatic carbocycles. The first-order valence-electron chi connectivity index (χ1n) is 5.75. The van der Waals surface area contributed by atoms with Crippen LogP contribution in [0.1, 0.15) is 24.3 Å². The molecule has 0 bridgehead atoms. The smallest absolute Gasteiger partial charge is 0.304 e. The number of halogens is 1. The minimum absolute atomic E-state index is 0.349. The highest BCUT2D eigenvalue weighted by atomic mass is 19.1. The number of nitro benzene ring substituents is 1. The summed E-state index contributed by atoms with van der Waals surface area (Å²) in [6.07, 6.45) is 1.14. The second-order valence-corrected chi connectivity index (χ2v) is 4.28. The Bertz CT molecular complexity index is 608. The summed E-state index contributed by atoms with van der Waals surface area (Å²) in [7, 11) is 0. The molecule has 1 unspecified atom stereocenters. The van der Waals surface area contributed by atoms with Gasteiger partial charge in [0.25, 0.3) is 0 Å². The van der Waals surface area contributed by atoms with Crippen molar-refractivity contribution in [2.24, 2.45) is 0 Å². The summed E-state index contributed by atoms with van der Waals surface area (Å²) >= 11 is 0. The van der Waals surface area contributed by atoms with Crippen molar-refractivity contribution in [3.8, 4) is 0 Å². The predicted molar refractivity (Wildman–Crippen MR) is 67.2 cm³/mol. The fraction of sp³-hybridized carbons (Fsp3) is 0.231. The van der Waals surface area contributed by atoms with Gasteiger partial charge < -0.3 is 9.67 Å². The average molecular weight is 264 g/mol. The normalized spacial score (nSPS) is 12.4. The molecule has 100 valence electrons. The zero-order chi connectivity index (χ0) is 14.0. The molecule has 0 fully saturated rings. The number of hydrogen-bond acceptors (Lipinski definition) is 3. The summed E-state index contributed by atoms with van der Waals surface area (Å²) in [6.45, 7) is 1.99. The van der Waals surface area contributed by atoms with Crippen molar-refractivity contribution in [3.05, 3.63) is 63.7 Å². The van der Waals surface area contributed by atoms with Gasteiger partial charge in [-0.2, -0.15) is 4.39 Å². The van der Waals surface area contributed by atoms with E-state index < -0.39 is 22.5 Å². The number of aromatic nitrogens is 1. The van der Waals surface area contributed by atoms with Gasteiger partial charge in [-0.25, -0.2) is 0 Å². The molecular weight excluding hydrogens is 251 g/mol. The predicted octanol–water partition coefficient (Wildman–Crippen LogP) is 2.64. The molecular formula is C13H13FN2O3. The molecule has 6 heteroatoms. The molecule has 1 N–H and O–H groups in total. The SMILES string of the molecule is CC(O)c1cccn1Cc1ccc([N+](=O)[O-])c(F)c1. The molecule has 0 saturated carbocycles. The topological polar surface area (TPSA) is 68.3 Å². The number of hydrogen-bond donors (Lipinski definition) is 1. The zero-order valence-electron chi connectivity index (χ0n) is 10.3. The van der Waals surface area contributed by atoms with E-state index in [4.69, 9.17) is 0 Å². The van der Waals surface area contributed by atoms with Gasteiger partial charge in [0.05, 0.1) is 11.0 Å². The van der Waals surface area contributed by atoms with E-state index in [2.05, 4.69) is 0 Å². The van der Waals surface area contributed by atoms with Crippen LogP contribution in [-0.4, -0.2) is 14.6 Å². The fourth-order valence-corrected chi connectivity index (χ4v) is 1.94. The molecule has 0 amide bonds. The summed E-state index contributed by atoms with van der Waals surface area (Å²) in [6, 6.07) is 7.35. The van der Waals surface area contributed by atoms with Crippen LogP contribution in [0.5, 0.6) is 0 Å². The summed E-state index contributed by atoms with van der Waals surface area (Å²) < 4.78 is 15.3. The molecule has 0 spiro atoms. The second kappa shape index (κ2) is 5.19. The Balaban J connectivity index is 2.27. The Morgan fingerprint density at radius 3 is 2.79 bits per heavy atom. The van der Waals surface area contributed by atoms with Gasteiger partial charge in [-0.1, -0.05) is 6.07 Å². The van der Waals surface area contributed by atoms with Gasteiger partial charge in [0.1, 0.15) is 0 Å². The Labute approximate surface area is 109 Å². The van der Waals surface area contributed by atoms with Crippen molar-refractivity contribution in [1.29, 1.82) is 0 Å². The molecule has 19 heavy (non-hydrogen) atoms. The van der Waals surface area contributed by atoms with E-state index in [9.17, 15) is 19.6 Å². The van der Waals surface area contributed by atoms with Crippen molar-refractivity contribution in [3.63, 3.8) is 0 Å². The highest BCUT2D eigenvalue weighted by molar-refractivity contribution is 5.35. The number of nitro groups is 1. The first kappa shape index (κ1) is 13.2. The van der Waals surface area contributed by atoms with Crippen LogP contribution in [0, 0.1) is 15.9 Å². The lowest BCUT2D eigenvalue weighted by Crippen LogP contribution is -2.06. The molecule has 1 aromatic carbocycles. The number of benzene rings is 1. The van der Waals surface area contributed by atoms with Crippen LogP contribution < -0.4 is 0 Å². The van der Waals surface area contributed by atoms with E-state index >= 15 is 0 Å². The van der Waals surface area contributed by atoms with E-state index in [1.54, 1.807) is 29.8 Å². The Morgan fingerprint density at radius 2 is 2.21 bits per heavy atom. The number of aliphatic hydroxyl groups excluding tert-OH is 1. The molecule has 0 aliphatic heterocycles. The van der Waals surface area contributed by atoms with Crippen LogP contribution >= 0.6 is 0 Å². The standard InChI is InChI=1S/C13H13FN2O3/c1-9(17)12-3-2-6-15(12)8-10-4-5-13(16(18)19)11(14)7-10/h2-7,9,17H,8H2,1H3. The number of nitrogens with zero attached hydrogens (tertiary/aromatic N) is 2. The van der Waals surface area contributed by atoms with Crippen molar-refractivity contribution >= 4 is 5.69 Å². The van der Waals surface area contributed by atoms with E-state index in [-0.39, 0.29) is 0 Å². The molecule has 5 nitrogen and oxygen atoms in total. The van der Waals surface area contributed by atoms with Gasteiger partial charge in [0.15, 0.2) is 0 Å². The largest absolute Gasteiger partial charge is 0.387 e. The lowest BCUT2D eigenvalue weighted by molar-refractivity contribution is -0.387. The summed E-state index contributed by atoms with van der Waals surface area (Å²) in [5.41, 5.74) is 0.770. The molecule has 1 heterocycles. The van der Waals surface area contributed by atoms with Crippen molar-refractivity contribution in [1.82, 2.24) is 4.57 Å². The maximum Gasteiger partial charge on any atom is 0.304 e. The Morgan fingerprint density at radius 1 is 1.47 bits per heavy atom. The molecule has 1 atom stereocenters. The van der Waals surface area contributed by atoms with Gasteiger partial charge in [-0.15, -0.1) is 0 Å². The number of aliphatic hydroxyl groups is 1. The minimum atomic E-state index is -0.853. The van der Waals surface area contributed by atoms with Gasteiger partial charge >= 0.3 is 5.69 Å². The Hall–Kier alpha value is -2.21. The van der Waals surface area contributed by atoms with Crippen LogP contribution in [0.15, 0.2) is 36.5 Å². The van der Waals surface area contributed by atoms with Crippen LogP contribution in [0.2, 0.25) is 0 Å². The molecule has 0 aliphatic rings.